The largest absolute Gasteiger partial charge is 0.491 e. The van der Waals surface area contributed by atoms with E-state index in [9.17, 15) is 9.90 Å². The van der Waals surface area contributed by atoms with Gasteiger partial charge in [0.2, 0.25) is 5.91 Å². The van der Waals surface area contributed by atoms with E-state index in [0.29, 0.717) is 19.7 Å². The summed E-state index contributed by atoms with van der Waals surface area (Å²) in [5, 5.41) is 13.0. The average molecular weight is 360 g/mol. The summed E-state index contributed by atoms with van der Waals surface area (Å²) in [5.41, 5.74) is 6.07. The van der Waals surface area contributed by atoms with Crippen LogP contribution in [0.15, 0.2) is 52.9 Å². The van der Waals surface area contributed by atoms with Crippen LogP contribution in [0.4, 0.5) is 0 Å². The van der Waals surface area contributed by atoms with E-state index in [2.05, 4.69) is 11.1 Å². The van der Waals surface area contributed by atoms with Crippen molar-refractivity contribution in [3.05, 3.63) is 48.5 Å². The number of rotatable bonds is 9. The molecule has 2 aromatic heterocycles. The molecule has 7 heteroatoms. The van der Waals surface area contributed by atoms with Crippen LogP contribution in [0.5, 0.6) is 11.5 Å². The molecule has 0 aliphatic heterocycles. The summed E-state index contributed by atoms with van der Waals surface area (Å²) in [6.07, 6.45) is -0.557. The molecule has 2 heterocycles. The van der Waals surface area contributed by atoms with Crippen molar-refractivity contribution in [3.8, 4) is 11.5 Å². The van der Waals surface area contributed by atoms with E-state index in [1.807, 2.05) is 48.5 Å². The van der Waals surface area contributed by atoms with Crippen LogP contribution < -0.4 is 20.5 Å². The van der Waals surface area contributed by atoms with Crippen molar-refractivity contribution in [2.24, 2.45) is 5.73 Å². The van der Waals surface area contributed by atoms with Gasteiger partial charge in [-0.25, -0.2) is 0 Å². The van der Waals surface area contributed by atoms with E-state index in [4.69, 9.17) is 13.9 Å². The fourth-order valence-electron chi connectivity index (χ4n) is 2.15. The maximum atomic E-state index is 9.83. The van der Waals surface area contributed by atoms with Crippen LogP contribution in [0.2, 0.25) is 0 Å². The van der Waals surface area contributed by atoms with E-state index < -0.39 is 6.10 Å². The zero-order valence-corrected chi connectivity index (χ0v) is 14.7. The predicted octanol–water partition coefficient (Wildman–Crippen LogP) is 1.77. The summed E-state index contributed by atoms with van der Waals surface area (Å²) < 4.78 is 16.5. The number of furan rings is 2. The molecule has 1 unspecified atom stereocenters. The quantitative estimate of drug-likeness (QED) is 0.502. The normalized spacial score (nSPS) is 11.6. The van der Waals surface area contributed by atoms with E-state index in [1.165, 1.54) is 6.92 Å². The second-order valence-electron chi connectivity index (χ2n) is 5.65. The molecule has 0 spiro atoms. The fraction of sp³-hybridized carbons (Fsp3) is 0.316. The Labute approximate surface area is 152 Å². The molecular weight excluding hydrogens is 336 g/mol. The van der Waals surface area contributed by atoms with Crippen molar-refractivity contribution < 1.29 is 23.8 Å². The van der Waals surface area contributed by atoms with Gasteiger partial charge < -0.3 is 30.0 Å². The molecular formula is C19H24N2O5. The third-order valence-electron chi connectivity index (χ3n) is 3.24. The first-order valence-corrected chi connectivity index (χ1v) is 8.32. The van der Waals surface area contributed by atoms with Crippen molar-refractivity contribution in [1.82, 2.24) is 5.32 Å². The van der Waals surface area contributed by atoms with Crippen molar-refractivity contribution >= 4 is 17.1 Å². The number of hydrogen-bond acceptors (Lipinski definition) is 6. The van der Waals surface area contributed by atoms with Crippen molar-refractivity contribution in [1.29, 1.82) is 0 Å². The number of amides is 1. The number of fused-ring (bicyclic) bond motifs is 2. The van der Waals surface area contributed by atoms with Gasteiger partial charge in [-0.05, 0) is 24.3 Å². The maximum Gasteiger partial charge on any atom is 0.214 e. The zero-order chi connectivity index (χ0) is 18.8. The van der Waals surface area contributed by atoms with Gasteiger partial charge in [0.15, 0.2) is 11.3 Å². The SMILES string of the molecule is CC(N)=O.OC(CNCCOc1cc2ccc1o2)COc1ccccc1. The first kappa shape index (κ1) is 19.6. The molecule has 7 nitrogen and oxygen atoms in total. The number of ether oxygens (including phenoxy) is 2. The third-order valence-corrected chi connectivity index (χ3v) is 3.24. The highest BCUT2D eigenvalue weighted by Crippen LogP contribution is 2.28. The fourth-order valence-corrected chi connectivity index (χ4v) is 2.15. The number of para-hydroxylation sites is 1. The lowest BCUT2D eigenvalue weighted by Gasteiger charge is -2.13. The second kappa shape index (κ2) is 10.3. The van der Waals surface area contributed by atoms with Gasteiger partial charge in [0.1, 0.15) is 30.7 Å². The van der Waals surface area contributed by atoms with Crippen molar-refractivity contribution in [3.63, 3.8) is 0 Å². The third kappa shape index (κ3) is 7.00. The molecule has 1 amide bonds. The molecule has 26 heavy (non-hydrogen) atoms. The van der Waals surface area contributed by atoms with E-state index in [0.717, 1.165) is 22.7 Å². The molecule has 0 radical (unpaired) electrons. The number of hydrogen-bond donors (Lipinski definition) is 3. The number of nitrogens with two attached hydrogens (primary N) is 1. The minimum Gasteiger partial charge on any atom is -0.491 e. The van der Waals surface area contributed by atoms with E-state index in [-0.39, 0.29) is 12.5 Å². The van der Waals surface area contributed by atoms with E-state index >= 15 is 0 Å². The summed E-state index contributed by atoms with van der Waals surface area (Å²) in [6.45, 7) is 3.19. The molecule has 0 saturated heterocycles. The summed E-state index contributed by atoms with van der Waals surface area (Å²) in [4.78, 5) is 9.22. The van der Waals surface area contributed by atoms with Crippen molar-refractivity contribution in [2.45, 2.75) is 13.0 Å². The van der Waals surface area contributed by atoms with Gasteiger partial charge in [-0.15, -0.1) is 0 Å². The molecule has 140 valence electrons. The van der Waals surface area contributed by atoms with Crippen LogP contribution >= 0.6 is 0 Å². The van der Waals surface area contributed by atoms with E-state index in [1.54, 1.807) is 0 Å². The smallest absolute Gasteiger partial charge is 0.214 e. The highest BCUT2D eigenvalue weighted by Gasteiger charge is 2.08. The van der Waals surface area contributed by atoms with Gasteiger partial charge in [0, 0.05) is 26.1 Å². The Kier molecular flexibility index (Phi) is 7.73. The minimum atomic E-state index is -0.557. The predicted molar refractivity (Wildman–Crippen MR) is 98.6 cm³/mol. The summed E-state index contributed by atoms with van der Waals surface area (Å²) in [5.74, 6) is 1.20. The van der Waals surface area contributed by atoms with Crippen LogP contribution in [0.3, 0.4) is 0 Å². The number of aliphatic hydroxyl groups is 1. The molecule has 3 rings (SSSR count). The number of benzene rings is 2. The summed E-state index contributed by atoms with van der Waals surface area (Å²) >= 11 is 0. The van der Waals surface area contributed by atoms with Gasteiger partial charge in [0.25, 0.3) is 0 Å². The number of primary amides is 1. The number of nitrogens with one attached hydrogen (secondary N) is 1. The molecule has 0 saturated carbocycles. The average Bonchev–Trinajstić information content (AvgIpc) is 3.23. The Balaban J connectivity index is 0.000000552. The lowest BCUT2D eigenvalue weighted by molar-refractivity contribution is -0.115. The topological polar surface area (TPSA) is 107 Å². The van der Waals surface area contributed by atoms with Crippen LogP contribution in [0, 0.1) is 0 Å². The Morgan fingerprint density at radius 3 is 2.58 bits per heavy atom. The highest BCUT2D eigenvalue weighted by atomic mass is 16.5. The Morgan fingerprint density at radius 2 is 1.96 bits per heavy atom. The van der Waals surface area contributed by atoms with Gasteiger partial charge in [-0.2, -0.15) is 0 Å². The molecule has 1 aromatic carbocycles. The molecule has 2 bridgehead atoms. The monoisotopic (exact) mass is 360 g/mol. The van der Waals surface area contributed by atoms with Crippen molar-refractivity contribution in [2.75, 3.05) is 26.3 Å². The lowest BCUT2D eigenvalue weighted by Crippen LogP contribution is -2.33. The number of carbonyl (C=O) groups excluding carboxylic acids is 1. The lowest BCUT2D eigenvalue weighted by atomic mass is 10.3. The molecule has 4 N–H and O–H groups in total. The highest BCUT2D eigenvalue weighted by molar-refractivity contribution is 5.70. The van der Waals surface area contributed by atoms with Gasteiger partial charge in [-0.1, -0.05) is 18.2 Å². The van der Waals surface area contributed by atoms with Gasteiger partial charge >= 0.3 is 0 Å². The molecule has 1 atom stereocenters. The Bertz CT molecular complexity index is 755. The standard InChI is InChI=1S/C17H19NO4.C2H5NO/c19-13(12-21-14-4-2-1-3-5-14)11-18-8-9-20-17-10-15-6-7-16(17)22-15;1-2(3)4/h1-7,10,13,18-19H,8-9,11-12H2;1H3,(H2,3,4). The first-order chi connectivity index (χ1) is 12.5. The zero-order valence-electron chi connectivity index (χ0n) is 14.7. The van der Waals surface area contributed by atoms with Crippen LogP contribution in [-0.2, 0) is 4.79 Å². The maximum absolute atomic E-state index is 9.83. The summed E-state index contributed by atoms with van der Waals surface area (Å²) in [7, 11) is 0. The second-order valence-corrected chi connectivity index (χ2v) is 5.65. The number of aliphatic hydroxyl groups excluding tert-OH is 1. The Morgan fingerprint density at radius 1 is 1.23 bits per heavy atom. The van der Waals surface area contributed by atoms with Crippen LogP contribution in [-0.4, -0.2) is 43.4 Å². The van der Waals surface area contributed by atoms with Gasteiger partial charge in [-0.3, -0.25) is 4.79 Å². The number of carbonyl (C=O) groups is 1. The molecule has 0 aliphatic carbocycles. The van der Waals surface area contributed by atoms with Gasteiger partial charge in [0.05, 0.1) is 0 Å². The Hall–Kier alpha value is -2.77. The van der Waals surface area contributed by atoms with Crippen LogP contribution in [0.1, 0.15) is 6.92 Å². The summed E-state index contributed by atoms with van der Waals surface area (Å²) in [6, 6.07) is 15.1. The molecule has 0 aliphatic rings. The first-order valence-electron chi connectivity index (χ1n) is 8.32. The molecule has 0 fully saturated rings. The van der Waals surface area contributed by atoms with Crippen LogP contribution in [0.25, 0.3) is 11.2 Å². The molecule has 3 aromatic rings. The minimum absolute atomic E-state index is 0.262.